The molecule has 0 amide bonds. The molecule has 0 saturated carbocycles. The van der Waals surface area contributed by atoms with Crippen LogP contribution in [0, 0.1) is 6.92 Å². The van der Waals surface area contributed by atoms with Crippen LogP contribution in [0.4, 0.5) is 0 Å². The Balaban J connectivity index is 1.70. The first-order valence-electron chi connectivity index (χ1n) is 10.5. The third kappa shape index (κ3) is 9.49. The Morgan fingerprint density at radius 2 is 2.00 bits per heavy atom. The normalized spacial score (nSPS) is 16.6. The molecule has 29 heavy (non-hydrogen) atoms. The zero-order chi connectivity index (χ0) is 21.1. The molecule has 1 aliphatic heterocycles. The fourth-order valence-corrected chi connectivity index (χ4v) is 3.85. The van der Waals surface area contributed by atoms with Crippen LogP contribution >= 0.6 is 0 Å². The highest BCUT2D eigenvalue weighted by Crippen LogP contribution is 2.16. The first-order chi connectivity index (χ1) is 13.9. The smallest absolute Gasteiger partial charge is 0.191 e. The summed E-state index contributed by atoms with van der Waals surface area (Å²) in [6, 6.07) is 8.40. The van der Waals surface area contributed by atoms with Gasteiger partial charge in [-0.1, -0.05) is 18.2 Å². The average molecular weight is 425 g/mol. The van der Waals surface area contributed by atoms with E-state index in [1.54, 1.807) is 0 Å². The summed E-state index contributed by atoms with van der Waals surface area (Å²) in [6.45, 7) is 8.73. The number of hydrogen-bond acceptors (Lipinski definition) is 5. The Morgan fingerprint density at radius 1 is 1.28 bits per heavy atom. The van der Waals surface area contributed by atoms with E-state index in [0.717, 1.165) is 56.2 Å². The minimum absolute atomic E-state index is 0.236. The van der Waals surface area contributed by atoms with Crippen LogP contribution in [0.15, 0.2) is 29.3 Å². The quantitative estimate of drug-likeness (QED) is 0.339. The van der Waals surface area contributed by atoms with Gasteiger partial charge in [-0.15, -0.1) is 0 Å². The van der Waals surface area contributed by atoms with Gasteiger partial charge in [-0.05, 0) is 38.3 Å². The maximum Gasteiger partial charge on any atom is 0.191 e. The zero-order valence-corrected chi connectivity index (χ0v) is 18.8. The summed E-state index contributed by atoms with van der Waals surface area (Å²) in [7, 11) is -2.90. The van der Waals surface area contributed by atoms with Crippen molar-refractivity contribution in [2.45, 2.75) is 39.2 Å². The van der Waals surface area contributed by atoms with Crippen LogP contribution < -0.4 is 15.4 Å². The number of nitrogens with one attached hydrogen (secondary N) is 2. The maximum atomic E-state index is 11.3. The Hall–Kier alpha value is -1.80. The number of guanidine groups is 1. The van der Waals surface area contributed by atoms with Gasteiger partial charge >= 0.3 is 0 Å². The van der Waals surface area contributed by atoms with Gasteiger partial charge < -0.3 is 20.3 Å². The summed E-state index contributed by atoms with van der Waals surface area (Å²) >= 11 is 0. The van der Waals surface area contributed by atoms with Crippen LogP contribution in [0.3, 0.4) is 0 Å². The van der Waals surface area contributed by atoms with Gasteiger partial charge in [0.25, 0.3) is 0 Å². The third-order valence-electron chi connectivity index (χ3n) is 4.97. The fourth-order valence-electron chi connectivity index (χ4n) is 3.27. The van der Waals surface area contributed by atoms with Gasteiger partial charge in [0.05, 0.1) is 12.4 Å². The second-order valence-corrected chi connectivity index (χ2v) is 9.88. The van der Waals surface area contributed by atoms with Crippen molar-refractivity contribution in [3.05, 3.63) is 29.8 Å². The summed E-state index contributed by atoms with van der Waals surface area (Å²) < 4.78 is 28.5. The summed E-state index contributed by atoms with van der Waals surface area (Å²) in [5.74, 6) is 2.02. The number of ether oxygens (including phenoxy) is 1. The molecule has 1 aromatic carbocycles. The molecule has 8 heteroatoms. The zero-order valence-electron chi connectivity index (χ0n) is 18.0. The molecule has 1 aliphatic rings. The van der Waals surface area contributed by atoms with E-state index in [9.17, 15) is 8.42 Å². The minimum Gasteiger partial charge on any atom is -0.493 e. The highest BCUT2D eigenvalue weighted by molar-refractivity contribution is 7.90. The van der Waals surface area contributed by atoms with Crippen molar-refractivity contribution in [1.82, 2.24) is 15.5 Å². The van der Waals surface area contributed by atoms with Crippen LogP contribution in [-0.2, 0) is 9.84 Å². The molecular formula is C21H36N4O3S. The predicted octanol–water partition coefficient (Wildman–Crippen LogP) is 1.83. The lowest BCUT2D eigenvalue weighted by atomic mass is 10.1. The monoisotopic (exact) mass is 424 g/mol. The summed E-state index contributed by atoms with van der Waals surface area (Å²) in [4.78, 5) is 6.90. The van der Waals surface area contributed by atoms with Crippen molar-refractivity contribution in [1.29, 1.82) is 0 Å². The molecule has 1 heterocycles. The van der Waals surface area contributed by atoms with Crippen LogP contribution in [0.2, 0.25) is 0 Å². The van der Waals surface area contributed by atoms with Gasteiger partial charge in [0, 0.05) is 51.4 Å². The number of para-hydroxylation sites is 1. The molecule has 0 atom stereocenters. The van der Waals surface area contributed by atoms with Gasteiger partial charge in [-0.25, -0.2) is 8.42 Å². The molecule has 0 radical (unpaired) electrons. The van der Waals surface area contributed by atoms with E-state index in [2.05, 4.69) is 27.4 Å². The number of sulfone groups is 1. The van der Waals surface area contributed by atoms with E-state index in [-0.39, 0.29) is 5.75 Å². The van der Waals surface area contributed by atoms with E-state index >= 15 is 0 Å². The number of nitrogens with zero attached hydrogens (tertiary/aromatic N) is 2. The van der Waals surface area contributed by atoms with Gasteiger partial charge in [0.2, 0.25) is 0 Å². The first-order valence-corrected chi connectivity index (χ1v) is 12.6. The van der Waals surface area contributed by atoms with Crippen LogP contribution in [-0.4, -0.2) is 76.7 Å². The van der Waals surface area contributed by atoms with Crippen LogP contribution in [0.1, 0.15) is 31.7 Å². The predicted molar refractivity (Wildman–Crippen MR) is 120 cm³/mol. The molecule has 0 aromatic heterocycles. The lowest BCUT2D eigenvalue weighted by Gasteiger charge is -2.32. The molecule has 0 aliphatic carbocycles. The second-order valence-electron chi connectivity index (χ2n) is 7.62. The Kier molecular flexibility index (Phi) is 9.73. The molecule has 0 bridgehead atoms. The lowest BCUT2D eigenvalue weighted by molar-refractivity contribution is 0.216. The highest BCUT2D eigenvalue weighted by Gasteiger charge is 2.20. The van der Waals surface area contributed by atoms with Crippen molar-refractivity contribution in [3.8, 4) is 5.75 Å². The van der Waals surface area contributed by atoms with E-state index in [0.29, 0.717) is 25.7 Å². The fraction of sp³-hybridized carbons (Fsp3) is 0.667. The summed E-state index contributed by atoms with van der Waals surface area (Å²) in [6.07, 6.45) is 4.14. The molecule has 1 fully saturated rings. The largest absolute Gasteiger partial charge is 0.493 e. The van der Waals surface area contributed by atoms with Crippen molar-refractivity contribution < 1.29 is 13.2 Å². The Morgan fingerprint density at radius 3 is 2.66 bits per heavy atom. The van der Waals surface area contributed by atoms with E-state index in [1.807, 2.05) is 31.2 Å². The number of benzene rings is 1. The highest BCUT2D eigenvalue weighted by atomic mass is 32.2. The molecule has 0 unspecified atom stereocenters. The van der Waals surface area contributed by atoms with Crippen molar-refractivity contribution in [2.75, 3.05) is 51.3 Å². The summed E-state index contributed by atoms with van der Waals surface area (Å²) in [5, 5.41) is 6.83. The van der Waals surface area contributed by atoms with Gasteiger partial charge in [0.15, 0.2) is 5.96 Å². The number of aryl methyl sites for hydroxylation is 1. The Bertz CT molecular complexity index is 744. The van der Waals surface area contributed by atoms with Gasteiger partial charge in [-0.3, -0.25) is 4.99 Å². The van der Waals surface area contributed by atoms with E-state index < -0.39 is 9.84 Å². The lowest BCUT2D eigenvalue weighted by Crippen LogP contribution is -2.49. The number of hydrogen-bond donors (Lipinski definition) is 2. The van der Waals surface area contributed by atoms with Crippen molar-refractivity contribution >= 4 is 15.8 Å². The van der Waals surface area contributed by atoms with Gasteiger partial charge in [0.1, 0.15) is 15.6 Å². The number of rotatable bonds is 10. The standard InChI is InChI=1S/C21H36N4O3S/c1-4-22-21(23-12-7-16-28-20-9-6-5-8-18(20)2)24-19-10-13-25(14-11-19)15-17-29(3,26)27/h5-6,8-9,19H,4,7,10-17H2,1-3H3,(H2,22,23,24). The molecule has 164 valence electrons. The number of piperidine rings is 1. The maximum absolute atomic E-state index is 11.3. The first kappa shape index (κ1) is 23.5. The van der Waals surface area contributed by atoms with Crippen molar-refractivity contribution in [2.24, 2.45) is 4.99 Å². The average Bonchev–Trinajstić information content (AvgIpc) is 2.68. The molecule has 7 nitrogen and oxygen atoms in total. The van der Waals surface area contributed by atoms with Crippen LogP contribution in [0.25, 0.3) is 0 Å². The van der Waals surface area contributed by atoms with E-state index in [1.165, 1.54) is 6.26 Å². The molecule has 0 spiro atoms. The molecule has 2 rings (SSSR count). The van der Waals surface area contributed by atoms with E-state index in [4.69, 9.17) is 4.74 Å². The molecular weight excluding hydrogens is 388 g/mol. The topological polar surface area (TPSA) is 83.0 Å². The van der Waals surface area contributed by atoms with Crippen molar-refractivity contribution in [3.63, 3.8) is 0 Å². The Labute approximate surface area is 175 Å². The SMILES string of the molecule is CCNC(=NCCCOc1ccccc1C)NC1CCN(CCS(C)(=O)=O)CC1. The third-order valence-corrected chi connectivity index (χ3v) is 5.90. The molecule has 1 aromatic rings. The van der Waals surface area contributed by atoms with Crippen LogP contribution in [0.5, 0.6) is 5.75 Å². The molecule has 1 saturated heterocycles. The molecule has 2 N–H and O–H groups in total. The minimum atomic E-state index is -2.90. The number of aliphatic imine (C=N–C) groups is 1. The second kappa shape index (κ2) is 12.0. The number of likely N-dealkylation sites (tertiary alicyclic amines) is 1. The van der Waals surface area contributed by atoms with Gasteiger partial charge in [-0.2, -0.15) is 0 Å². The summed E-state index contributed by atoms with van der Waals surface area (Å²) in [5.41, 5.74) is 1.15.